The van der Waals surface area contributed by atoms with Gasteiger partial charge in [0.1, 0.15) is 0 Å². The summed E-state index contributed by atoms with van der Waals surface area (Å²) in [6.45, 7) is 0.542. The van der Waals surface area contributed by atoms with Crippen LogP contribution in [0.5, 0.6) is 0 Å². The van der Waals surface area contributed by atoms with Crippen LogP contribution in [0.1, 0.15) is 24.1 Å². The first-order valence-electron chi connectivity index (χ1n) is 7.51. The monoisotopic (exact) mass is 380 g/mol. The molecule has 0 spiro atoms. The molecular weight excluding hydrogens is 363 g/mol. The summed E-state index contributed by atoms with van der Waals surface area (Å²) in [5.74, 6) is 0.578. The van der Waals surface area contributed by atoms with Crippen molar-refractivity contribution < 1.29 is 0 Å². The highest BCUT2D eigenvalue weighted by Gasteiger charge is 2.05. The minimum Gasteiger partial charge on any atom is -0.356 e. The van der Waals surface area contributed by atoms with Crippen LogP contribution in [-0.2, 0) is 6.54 Å². The van der Waals surface area contributed by atoms with Gasteiger partial charge < -0.3 is 5.32 Å². The van der Waals surface area contributed by atoms with E-state index in [0.717, 1.165) is 29.8 Å². The van der Waals surface area contributed by atoms with Crippen molar-refractivity contribution in [3.63, 3.8) is 0 Å². The smallest absolute Gasteiger partial charge is 0.187 e. The molecule has 0 fully saturated rings. The normalized spacial score (nSPS) is 11.2. The quantitative estimate of drug-likeness (QED) is 0.328. The zero-order valence-corrected chi connectivity index (χ0v) is 15.3. The Morgan fingerprint density at radius 1 is 1.17 bits per heavy atom. The number of hydrogen-bond acceptors (Lipinski definition) is 3. The van der Waals surface area contributed by atoms with Gasteiger partial charge in [-0.2, -0.15) is 5.10 Å². The number of rotatable bonds is 7. The molecule has 0 aliphatic carbocycles. The van der Waals surface area contributed by atoms with Crippen molar-refractivity contribution in [2.24, 2.45) is 5.10 Å². The van der Waals surface area contributed by atoms with Gasteiger partial charge in [-0.15, -0.1) is 11.6 Å². The molecule has 0 unspecified atom stereocenters. The number of pyridine rings is 1. The van der Waals surface area contributed by atoms with Gasteiger partial charge in [-0.05, 0) is 54.9 Å². The molecule has 0 radical (unpaired) electrons. The minimum absolute atomic E-state index is 0.443. The van der Waals surface area contributed by atoms with Crippen LogP contribution in [0.4, 0.5) is 0 Å². The lowest BCUT2D eigenvalue weighted by atomic mass is 10.1. The molecule has 2 aromatic rings. The van der Waals surface area contributed by atoms with Crippen molar-refractivity contribution in [1.82, 2.24) is 15.7 Å². The van der Waals surface area contributed by atoms with Crippen molar-refractivity contribution in [2.45, 2.75) is 19.4 Å². The number of alkyl halides is 1. The van der Waals surface area contributed by atoms with Gasteiger partial charge in [0.25, 0.3) is 0 Å². The third-order valence-electron chi connectivity index (χ3n) is 3.17. The summed E-state index contributed by atoms with van der Waals surface area (Å²) >= 11 is 17.0. The van der Waals surface area contributed by atoms with E-state index in [1.807, 2.05) is 42.5 Å². The fourth-order valence-electron chi connectivity index (χ4n) is 1.97. The first-order chi connectivity index (χ1) is 11.7. The molecule has 0 atom stereocenters. The van der Waals surface area contributed by atoms with Crippen LogP contribution in [0.3, 0.4) is 0 Å². The number of nitrogens with one attached hydrogen (secondary N) is 2. The van der Waals surface area contributed by atoms with E-state index in [0.29, 0.717) is 22.6 Å². The van der Waals surface area contributed by atoms with Crippen molar-refractivity contribution in [2.75, 3.05) is 5.88 Å². The lowest BCUT2D eigenvalue weighted by Gasteiger charge is -2.10. The third kappa shape index (κ3) is 6.43. The van der Waals surface area contributed by atoms with Crippen LogP contribution < -0.4 is 10.7 Å². The molecule has 24 heavy (non-hydrogen) atoms. The highest BCUT2D eigenvalue weighted by molar-refractivity contribution is 7.80. The van der Waals surface area contributed by atoms with Gasteiger partial charge in [-0.1, -0.05) is 29.8 Å². The van der Waals surface area contributed by atoms with Crippen LogP contribution in [-0.4, -0.2) is 21.7 Å². The highest BCUT2D eigenvalue weighted by atomic mass is 35.5. The second-order valence-electron chi connectivity index (χ2n) is 4.97. The number of hydrazone groups is 1. The molecule has 2 N–H and O–H groups in total. The van der Waals surface area contributed by atoms with Crippen LogP contribution in [0.2, 0.25) is 5.02 Å². The Kier molecular flexibility index (Phi) is 7.95. The van der Waals surface area contributed by atoms with Gasteiger partial charge in [0.05, 0.1) is 18.0 Å². The Balaban J connectivity index is 1.95. The van der Waals surface area contributed by atoms with Crippen molar-refractivity contribution >= 4 is 46.2 Å². The Morgan fingerprint density at radius 3 is 2.62 bits per heavy atom. The fraction of sp³-hybridized carbons (Fsp3) is 0.235. The Hall–Kier alpha value is -1.69. The van der Waals surface area contributed by atoms with E-state index in [2.05, 4.69) is 20.8 Å². The largest absolute Gasteiger partial charge is 0.356 e. The Morgan fingerprint density at radius 2 is 1.96 bits per heavy atom. The van der Waals surface area contributed by atoms with Gasteiger partial charge in [-0.3, -0.25) is 10.4 Å². The molecule has 0 aliphatic rings. The number of thiocarbonyl (C=S) groups is 1. The fourth-order valence-corrected chi connectivity index (χ4v) is 2.35. The Bertz CT molecular complexity index is 675. The van der Waals surface area contributed by atoms with E-state index in [9.17, 15) is 0 Å². The molecule has 0 amide bonds. The molecule has 0 aliphatic heterocycles. The van der Waals surface area contributed by atoms with Crippen molar-refractivity contribution in [3.8, 4) is 0 Å². The molecule has 2 rings (SSSR count). The molecule has 126 valence electrons. The molecule has 1 aromatic carbocycles. The zero-order valence-electron chi connectivity index (χ0n) is 13.0. The summed E-state index contributed by atoms with van der Waals surface area (Å²) in [5.41, 5.74) is 5.66. The van der Waals surface area contributed by atoms with E-state index < -0.39 is 0 Å². The van der Waals surface area contributed by atoms with Crippen molar-refractivity contribution in [1.29, 1.82) is 0 Å². The van der Waals surface area contributed by atoms with E-state index in [1.54, 1.807) is 6.20 Å². The van der Waals surface area contributed by atoms with E-state index in [4.69, 9.17) is 35.4 Å². The predicted molar refractivity (Wildman–Crippen MR) is 105 cm³/mol. The van der Waals surface area contributed by atoms with Crippen molar-refractivity contribution in [3.05, 3.63) is 64.9 Å². The molecule has 1 heterocycles. The molecular formula is C17H18Cl2N4S. The summed E-state index contributed by atoms with van der Waals surface area (Å²) in [6.07, 6.45) is 3.33. The summed E-state index contributed by atoms with van der Waals surface area (Å²) in [6, 6.07) is 13.3. The van der Waals surface area contributed by atoms with Crippen LogP contribution in [0.15, 0.2) is 53.8 Å². The number of benzene rings is 1. The van der Waals surface area contributed by atoms with E-state index >= 15 is 0 Å². The predicted octanol–water partition coefficient (Wildman–Crippen LogP) is 4.12. The molecule has 0 saturated carbocycles. The lowest BCUT2D eigenvalue weighted by Crippen LogP contribution is -2.32. The van der Waals surface area contributed by atoms with E-state index in [-0.39, 0.29) is 0 Å². The van der Waals surface area contributed by atoms with Crippen LogP contribution in [0.25, 0.3) is 0 Å². The third-order valence-corrected chi connectivity index (χ3v) is 3.93. The van der Waals surface area contributed by atoms with E-state index in [1.165, 1.54) is 0 Å². The second kappa shape index (κ2) is 10.2. The minimum atomic E-state index is 0.443. The summed E-state index contributed by atoms with van der Waals surface area (Å²) in [4.78, 5) is 4.23. The molecule has 7 heteroatoms. The average molecular weight is 381 g/mol. The maximum absolute atomic E-state index is 5.93. The average Bonchev–Trinajstić information content (AvgIpc) is 2.62. The second-order valence-corrected chi connectivity index (χ2v) is 6.20. The van der Waals surface area contributed by atoms with Gasteiger partial charge in [0.2, 0.25) is 0 Å². The maximum atomic E-state index is 5.93. The Labute approximate surface area is 157 Å². The van der Waals surface area contributed by atoms with Gasteiger partial charge in [0.15, 0.2) is 5.11 Å². The summed E-state index contributed by atoms with van der Waals surface area (Å²) < 4.78 is 0. The summed E-state index contributed by atoms with van der Waals surface area (Å²) in [5, 5.41) is 8.62. The molecule has 0 saturated heterocycles. The number of halogens is 2. The van der Waals surface area contributed by atoms with Gasteiger partial charge in [0, 0.05) is 17.1 Å². The first kappa shape index (κ1) is 18.6. The molecule has 0 bridgehead atoms. The van der Waals surface area contributed by atoms with Crippen LogP contribution >= 0.6 is 35.4 Å². The first-order valence-corrected chi connectivity index (χ1v) is 8.83. The highest BCUT2D eigenvalue weighted by Crippen LogP contribution is 2.12. The standard InChI is InChI=1S/C17H18Cl2N4S/c18-10-3-5-16(13-6-8-14(19)9-7-13)22-23-17(24)21-12-15-4-1-2-11-20-15/h1-2,4,6-9,11H,3,5,10,12H2,(H2,21,23,24)/b22-16+. The zero-order chi connectivity index (χ0) is 17.2. The summed E-state index contributed by atoms with van der Waals surface area (Å²) in [7, 11) is 0. The van der Waals surface area contributed by atoms with Gasteiger partial charge in [-0.25, -0.2) is 0 Å². The number of aromatic nitrogens is 1. The number of nitrogens with zero attached hydrogens (tertiary/aromatic N) is 2. The molecule has 4 nitrogen and oxygen atoms in total. The van der Waals surface area contributed by atoms with Gasteiger partial charge >= 0.3 is 0 Å². The SMILES string of the molecule is S=C(NCc1ccccn1)N/N=C(\CCCCl)c1ccc(Cl)cc1. The maximum Gasteiger partial charge on any atom is 0.187 e. The molecule has 1 aromatic heterocycles. The topological polar surface area (TPSA) is 49.3 Å². The number of hydrogen-bond donors (Lipinski definition) is 2. The lowest BCUT2D eigenvalue weighted by molar-refractivity contribution is 0.836. The van der Waals surface area contributed by atoms with Crippen LogP contribution in [0, 0.1) is 0 Å².